The van der Waals surface area contributed by atoms with Crippen molar-refractivity contribution < 1.29 is 4.42 Å². The lowest BCUT2D eigenvalue weighted by atomic mass is 10.2. The first-order valence-corrected chi connectivity index (χ1v) is 6.29. The molecule has 0 saturated heterocycles. The molecule has 1 aromatic heterocycles. The molecule has 0 unspecified atom stereocenters. The summed E-state index contributed by atoms with van der Waals surface area (Å²) in [6.07, 6.45) is 3.16. The molecular formula is C14H19N3O. The first-order valence-electron chi connectivity index (χ1n) is 6.29. The number of hydrogen-bond donors (Lipinski definition) is 1. The van der Waals surface area contributed by atoms with E-state index in [2.05, 4.69) is 53.3 Å². The summed E-state index contributed by atoms with van der Waals surface area (Å²) >= 11 is 0. The summed E-state index contributed by atoms with van der Waals surface area (Å²) in [4.78, 5) is 6.20. The van der Waals surface area contributed by atoms with Crippen LogP contribution in [0.2, 0.25) is 0 Å². The van der Waals surface area contributed by atoms with Crippen molar-refractivity contribution in [3.8, 4) is 0 Å². The number of aromatic nitrogens is 1. The average molecular weight is 245 g/mol. The number of benzene rings is 1. The fraction of sp³-hybridized carbons (Fsp3) is 0.357. The van der Waals surface area contributed by atoms with Gasteiger partial charge < -0.3 is 14.6 Å². The van der Waals surface area contributed by atoms with Crippen LogP contribution < -0.4 is 10.2 Å². The van der Waals surface area contributed by atoms with Gasteiger partial charge in [0.2, 0.25) is 0 Å². The summed E-state index contributed by atoms with van der Waals surface area (Å²) in [5, 5.41) is 3.30. The predicted molar refractivity (Wildman–Crippen MR) is 73.8 cm³/mol. The topological polar surface area (TPSA) is 41.3 Å². The van der Waals surface area contributed by atoms with Gasteiger partial charge in [-0.05, 0) is 38.1 Å². The first-order chi connectivity index (χ1) is 8.83. The van der Waals surface area contributed by atoms with Gasteiger partial charge in [-0.2, -0.15) is 0 Å². The Morgan fingerprint density at radius 1 is 1.17 bits per heavy atom. The van der Waals surface area contributed by atoms with Gasteiger partial charge in [0, 0.05) is 24.5 Å². The van der Waals surface area contributed by atoms with Gasteiger partial charge in [0.25, 0.3) is 0 Å². The molecule has 1 heterocycles. The molecular weight excluding hydrogens is 226 g/mol. The minimum atomic E-state index is 0.657. The van der Waals surface area contributed by atoms with Crippen LogP contribution >= 0.6 is 0 Å². The van der Waals surface area contributed by atoms with Crippen molar-refractivity contribution in [1.82, 2.24) is 4.98 Å². The summed E-state index contributed by atoms with van der Waals surface area (Å²) in [6, 6.07) is 8.44. The Morgan fingerprint density at radius 3 is 2.44 bits per heavy atom. The van der Waals surface area contributed by atoms with E-state index in [4.69, 9.17) is 4.42 Å². The number of nitrogens with zero attached hydrogens (tertiary/aromatic N) is 2. The molecule has 4 nitrogen and oxygen atoms in total. The highest BCUT2D eigenvalue weighted by molar-refractivity contribution is 5.55. The third-order valence-electron chi connectivity index (χ3n) is 2.95. The Morgan fingerprint density at radius 2 is 1.89 bits per heavy atom. The van der Waals surface area contributed by atoms with Crippen molar-refractivity contribution in [2.75, 3.05) is 23.3 Å². The minimum Gasteiger partial charge on any atom is -0.447 e. The number of rotatable bonds is 6. The van der Waals surface area contributed by atoms with E-state index in [0.29, 0.717) is 6.54 Å². The lowest BCUT2D eigenvalue weighted by Gasteiger charge is -2.21. The maximum absolute atomic E-state index is 5.17. The highest BCUT2D eigenvalue weighted by Crippen LogP contribution is 2.18. The SMILES string of the molecule is CCN(CC)c1ccc(NCc2cnco2)cc1. The second kappa shape index (κ2) is 6.10. The minimum absolute atomic E-state index is 0.657. The monoisotopic (exact) mass is 245 g/mol. The summed E-state index contributed by atoms with van der Waals surface area (Å²) in [5.74, 6) is 0.836. The van der Waals surface area contributed by atoms with Crippen LogP contribution in [0.25, 0.3) is 0 Å². The lowest BCUT2D eigenvalue weighted by molar-refractivity contribution is 0.512. The molecule has 1 N–H and O–H groups in total. The van der Waals surface area contributed by atoms with Gasteiger partial charge in [0.1, 0.15) is 5.76 Å². The smallest absolute Gasteiger partial charge is 0.180 e. The Labute approximate surface area is 108 Å². The third kappa shape index (κ3) is 3.03. The van der Waals surface area contributed by atoms with Crippen molar-refractivity contribution in [3.63, 3.8) is 0 Å². The first kappa shape index (κ1) is 12.5. The zero-order valence-corrected chi connectivity index (χ0v) is 10.9. The van der Waals surface area contributed by atoms with Crippen molar-refractivity contribution in [3.05, 3.63) is 42.6 Å². The van der Waals surface area contributed by atoms with Crippen molar-refractivity contribution in [2.24, 2.45) is 0 Å². The highest BCUT2D eigenvalue weighted by atomic mass is 16.3. The molecule has 96 valence electrons. The number of nitrogens with one attached hydrogen (secondary N) is 1. The van der Waals surface area contributed by atoms with Gasteiger partial charge >= 0.3 is 0 Å². The summed E-state index contributed by atoms with van der Waals surface area (Å²) in [7, 11) is 0. The zero-order valence-electron chi connectivity index (χ0n) is 10.9. The summed E-state index contributed by atoms with van der Waals surface area (Å²) in [6.45, 7) is 7.05. The molecule has 0 aliphatic rings. The molecule has 0 spiro atoms. The maximum atomic E-state index is 5.17. The van der Waals surface area contributed by atoms with Crippen LogP contribution in [0.4, 0.5) is 11.4 Å². The van der Waals surface area contributed by atoms with E-state index in [9.17, 15) is 0 Å². The zero-order chi connectivity index (χ0) is 12.8. The Balaban J connectivity index is 1.95. The van der Waals surface area contributed by atoms with E-state index in [-0.39, 0.29) is 0 Å². The van der Waals surface area contributed by atoms with E-state index in [1.54, 1.807) is 6.20 Å². The third-order valence-corrected chi connectivity index (χ3v) is 2.95. The Hall–Kier alpha value is -1.97. The van der Waals surface area contributed by atoms with Crippen LogP contribution in [-0.2, 0) is 6.54 Å². The van der Waals surface area contributed by atoms with Crippen LogP contribution in [-0.4, -0.2) is 18.1 Å². The number of anilines is 2. The quantitative estimate of drug-likeness (QED) is 0.849. The number of hydrogen-bond acceptors (Lipinski definition) is 4. The van der Waals surface area contributed by atoms with Gasteiger partial charge in [-0.15, -0.1) is 0 Å². The Kier molecular flexibility index (Phi) is 4.23. The normalized spacial score (nSPS) is 10.3. The van der Waals surface area contributed by atoms with Crippen LogP contribution in [0.3, 0.4) is 0 Å². The average Bonchev–Trinajstić information content (AvgIpc) is 2.92. The molecule has 0 radical (unpaired) electrons. The standard InChI is InChI=1S/C14H19N3O/c1-3-17(4-2)13-7-5-12(6-8-13)16-10-14-9-15-11-18-14/h5-9,11,16H,3-4,10H2,1-2H3. The van der Waals surface area contributed by atoms with Gasteiger partial charge in [0.05, 0.1) is 12.7 Å². The lowest BCUT2D eigenvalue weighted by Crippen LogP contribution is -2.21. The van der Waals surface area contributed by atoms with E-state index in [1.807, 2.05) is 0 Å². The second-order valence-corrected chi connectivity index (χ2v) is 4.04. The molecule has 1 aromatic carbocycles. The molecule has 18 heavy (non-hydrogen) atoms. The molecule has 4 heteroatoms. The molecule has 2 aromatic rings. The molecule has 0 atom stereocenters. The molecule has 0 fully saturated rings. The van der Waals surface area contributed by atoms with E-state index < -0.39 is 0 Å². The fourth-order valence-corrected chi connectivity index (χ4v) is 1.90. The molecule has 0 amide bonds. The van der Waals surface area contributed by atoms with Gasteiger partial charge in [-0.25, -0.2) is 4.98 Å². The van der Waals surface area contributed by atoms with Crippen LogP contribution in [0.1, 0.15) is 19.6 Å². The van der Waals surface area contributed by atoms with Crippen molar-refractivity contribution >= 4 is 11.4 Å². The van der Waals surface area contributed by atoms with E-state index in [1.165, 1.54) is 12.1 Å². The molecule has 0 aliphatic heterocycles. The fourth-order valence-electron chi connectivity index (χ4n) is 1.90. The molecule has 2 rings (SSSR count). The molecule has 0 saturated carbocycles. The largest absolute Gasteiger partial charge is 0.447 e. The van der Waals surface area contributed by atoms with Gasteiger partial charge in [-0.3, -0.25) is 0 Å². The van der Waals surface area contributed by atoms with E-state index >= 15 is 0 Å². The summed E-state index contributed by atoms with van der Waals surface area (Å²) < 4.78 is 5.17. The second-order valence-electron chi connectivity index (χ2n) is 4.04. The van der Waals surface area contributed by atoms with Gasteiger partial charge in [0.15, 0.2) is 6.39 Å². The predicted octanol–water partition coefficient (Wildman–Crippen LogP) is 3.13. The molecule has 0 bridgehead atoms. The van der Waals surface area contributed by atoms with Gasteiger partial charge in [-0.1, -0.05) is 0 Å². The maximum Gasteiger partial charge on any atom is 0.180 e. The summed E-state index contributed by atoms with van der Waals surface area (Å²) in [5.41, 5.74) is 2.34. The van der Waals surface area contributed by atoms with Crippen LogP contribution in [0.15, 0.2) is 41.3 Å². The van der Waals surface area contributed by atoms with Crippen LogP contribution in [0, 0.1) is 0 Å². The molecule has 0 aliphatic carbocycles. The Bertz CT molecular complexity index is 446. The van der Waals surface area contributed by atoms with Crippen LogP contribution in [0.5, 0.6) is 0 Å². The number of oxazole rings is 1. The van der Waals surface area contributed by atoms with E-state index in [0.717, 1.165) is 24.5 Å². The van der Waals surface area contributed by atoms with Crippen molar-refractivity contribution in [1.29, 1.82) is 0 Å². The highest BCUT2D eigenvalue weighted by Gasteiger charge is 2.01. The van der Waals surface area contributed by atoms with Crippen molar-refractivity contribution in [2.45, 2.75) is 20.4 Å².